The summed E-state index contributed by atoms with van der Waals surface area (Å²) in [6.45, 7) is 4.37. The summed E-state index contributed by atoms with van der Waals surface area (Å²) < 4.78 is 10.6. The molecule has 0 radical (unpaired) electrons. The summed E-state index contributed by atoms with van der Waals surface area (Å²) in [6.07, 6.45) is -0.475. The van der Waals surface area contributed by atoms with E-state index in [1.165, 1.54) is 4.90 Å². The van der Waals surface area contributed by atoms with Crippen molar-refractivity contribution in [2.24, 2.45) is 0 Å². The lowest BCUT2D eigenvalue weighted by Gasteiger charge is -2.23. The number of aryl methyl sites for hydroxylation is 1. The normalized spacial score (nSPS) is 10.7. The Kier molecular flexibility index (Phi) is 5.99. The van der Waals surface area contributed by atoms with Gasteiger partial charge < -0.3 is 14.5 Å². The van der Waals surface area contributed by atoms with Crippen LogP contribution < -0.4 is 10.3 Å². The fraction of sp³-hybridized carbons (Fsp3) is 0.273. The summed E-state index contributed by atoms with van der Waals surface area (Å²) in [5.74, 6) is 0.680. The first kappa shape index (κ1) is 19.5. The Labute approximate surface area is 163 Å². The zero-order valence-electron chi connectivity index (χ0n) is 16.3. The molecule has 0 bridgehead atoms. The number of rotatable bonds is 6. The highest BCUT2D eigenvalue weighted by molar-refractivity contribution is 5.82. The molecule has 3 rings (SSSR count). The Hall–Kier alpha value is -3.28. The zero-order chi connectivity index (χ0) is 20.1. The van der Waals surface area contributed by atoms with Crippen LogP contribution in [0.5, 0.6) is 5.75 Å². The average molecular weight is 380 g/mol. The summed E-state index contributed by atoms with van der Waals surface area (Å²) in [5.41, 5.74) is 2.93. The van der Waals surface area contributed by atoms with Crippen molar-refractivity contribution in [3.8, 4) is 5.75 Å². The van der Waals surface area contributed by atoms with E-state index in [-0.39, 0.29) is 25.3 Å². The van der Waals surface area contributed by atoms with Crippen molar-refractivity contribution in [3.05, 3.63) is 75.6 Å². The highest BCUT2D eigenvalue weighted by Crippen LogP contribution is 2.21. The third-order valence-corrected chi connectivity index (χ3v) is 4.61. The molecule has 146 valence electrons. The van der Waals surface area contributed by atoms with Crippen LogP contribution in [0.3, 0.4) is 0 Å². The van der Waals surface area contributed by atoms with E-state index in [0.29, 0.717) is 11.3 Å². The number of amides is 1. The van der Waals surface area contributed by atoms with Gasteiger partial charge >= 0.3 is 6.09 Å². The molecule has 0 saturated carbocycles. The van der Waals surface area contributed by atoms with Crippen molar-refractivity contribution >= 4 is 17.0 Å². The summed E-state index contributed by atoms with van der Waals surface area (Å²) in [5, 5.41) is 0.927. The van der Waals surface area contributed by atoms with Gasteiger partial charge in [-0.2, -0.15) is 0 Å². The first-order chi connectivity index (χ1) is 13.5. The molecule has 0 aliphatic rings. The Morgan fingerprint density at radius 1 is 1.07 bits per heavy atom. The van der Waals surface area contributed by atoms with Crippen LogP contribution in [0.15, 0.2) is 53.3 Å². The van der Waals surface area contributed by atoms with Crippen LogP contribution in [-0.4, -0.2) is 29.7 Å². The van der Waals surface area contributed by atoms with E-state index in [2.05, 4.69) is 4.98 Å². The van der Waals surface area contributed by atoms with Crippen molar-refractivity contribution in [3.63, 3.8) is 0 Å². The number of methoxy groups -OCH3 is 1. The highest BCUT2D eigenvalue weighted by atomic mass is 16.6. The molecule has 0 fully saturated rings. The van der Waals surface area contributed by atoms with Crippen LogP contribution in [0.2, 0.25) is 0 Å². The zero-order valence-corrected chi connectivity index (χ0v) is 16.3. The molecule has 0 saturated heterocycles. The summed E-state index contributed by atoms with van der Waals surface area (Å²) >= 11 is 0. The Balaban J connectivity index is 1.95. The number of nitrogens with one attached hydrogen (secondary N) is 1. The minimum absolute atomic E-state index is 0.135. The molecule has 1 amide bonds. The van der Waals surface area contributed by atoms with Gasteiger partial charge in [0.05, 0.1) is 32.3 Å². The molecule has 28 heavy (non-hydrogen) atoms. The number of benzene rings is 2. The highest BCUT2D eigenvalue weighted by Gasteiger charge is 2.19. The van der Waals surface area contributed by atoms with Crippen molar-refractivity contribution < 1.29 is 14.3 Å². The Morgan fingerprint density at radius 3 is 2.57 bits per heavy atom. The maximum absolute atomic E-state index is 12.6. The molecule has 1 heterocycles. The molecule has 0 aliphatic heterocycles. The van der Waals surface area contributed by atoms with Gasteiger partial charge in [-0.25, -0.2) is 4.79 Å². The molecule has 1 aromatic heterocycles. The molecule has 1 N–H and O–H groups in total. The topological polar surface area (TPSA) is 71.6 Å². The predicted octanol–water partition coefficient (Wildman–Crippen LogP) is 4.00. The standard InChI is InChI=1S/C22H24N2O4/c1-4-28-22(26)24(13-17-9-5-6-11-19(17)27-3)14-18-12-16-10-7-8-15(2)20(16)23-21(18)25/h5-12H,4,13-14H2,1-3H3,(H,23,25). The van der Waals surface area contributed by atoms with Gasteiger partial charge in [-0.3, -0.25) is 9.69 Å². The molecular formula is C22H24N2O4. The largest absolute Gasteiger partial charge is 0.496 e. The maximum atomic E-state index is 12.6. The van der Waals surface area contributed by atoms with Crippen LogP contribution in [0.25, 0.3) is 10.9 Å². The molecular weight excluding hydrogens is 356 g/mol. The Bertz CT molecular complexity index is 1040. The van der Waals surface area contributed by atoms with Crippen LogP contribution >= 0.6 is 0 Å². The van der Waals surface area contributed by atoms with E-state index in [0.717, 1.165) is 22.0 Å². The summed E-state index contributed by atoms with van der Waals surface area (Å²) in [7, 11) is 1.59. The number of carbonyl (C=O) groups excluding carboxylic acids is 1. The van der Waals surface area contributed by atoms with E-state index in [4.69, 9.17) is 9.47 Å². The second-order valence-electron chi connectivity index (χ2n) is 6.53. The maximum Gasteiger partial charge on any atom is 0.410 e. The number of aromatic nitrogens is 1. The lowest BCUT2D eigenvalue weighted by molar-refractivity contribution is 0.101. The molecule has 0 spiro atoms. The molecule has 0 aliphatic carbocycles. The molecule has 0 unspecified atom stereocenters. The van der Waals surface area contributed by atoms with E-state index < -0.39 is 6.09 Å². The second-order valence-corrected chi connectivity index (χ2v) is 6.53. The average Bonchev–Trinajstić information content (AvgIpc) is 2.69. The third-order valence-electron chi connectivity index (χ3n) is 4.61. The van der Waals surface area contributed by atoms with Crippen LogP contribution in [0.4, 0.5) is 4.79 Å². The van der Waals surface area contributed by atoms with Crippen molar-refractivity contribution in [2.75, 3.05) is 13.7 Å². The number of ether oxygens (including phenoxy) is 2. The fourth-order valence-corrected chi connectivity index (χ4v) is 3.19. The predicted molar refractivity (Wildman–Crippen MR) is 109 cm³/mol. The lowest BCUT2D eigenvalue weighted by Crippen LogP contribution is -2.33. The summed E-state index contributed by atoms with van der Waals surface area (Å²) in [6, 6.07) is 15.1. The smallest absolute Gasteiger partial charge is 0.410 e. The molecule has 3 aromatic rings. The Morgan fingerprint density at radius 2 is 1.82 bits per heavy atom. The number of carbonyl (C=O) groups is 1. The van der Waals surface area contributed by atoms with E-state index in [9.17, 15) is 9.59 Å². The summed E-state index contributed by atoms with van der Waals surface area (Å²) in [4.78, 5) is 29.6. The number of aromatic amines is 1. The van der Waals surface area contributed by atoms with Crippen molar-refractivity contribution in [1.82, 2.24) is 9.88 Å². The number of H-pyrrole nitrogens is 1. The number of para-hydroxylation sites is 2. The van der Waals surface area contributed by atoms with Gasteiger partial charge in [0, 0.05) is 11.1 Å². The number of pyridine rings is 1. The van der Waals surface area contributed by atoms with E-state index in [1.54, 1.807) is 14.0 Å². The van der Waals surface area contributed by atoms with Crippen molar-refractivity contribution in [2.45, 2.75) is 26.9 Å². The van der Waals surface area contributed by atoms with Gasteiger partial charge in [0.1, 0.15) is 5.75 Å². The van der Waals surface area contributed by atoms with E-state index >= 15 is 0 Å². The van der Waals surface area contributed by atoms with Gasteiger partial charge in [0.15, 0.2) is 0 Å². The number of fused-ring (bicyclic) bond motifs is 1. The SMILES string of the molecule is CCOC(=O)N(Cc1ccccc1OC)Cc1cc2cccc(C)c2[nH]c1=O. The second kappa shape index (κ2) is 8.61. The van der Waals surface area contributed by atoms with Crippen LogP contribution in [0.1, 0.15) is 23.6 Å². The van der Waals surface area contributed by atoms with E-state index in [1.807, 2.05) is 55.5 Å². The first-order valence-electron chi connectivity index (χ1n) is 9.18. The van der Waals surface area contributed by atoms with Crippen molar-refractivity contribution in [1.29, 1.82) is 0 Å². The molecule has 0 atom stereocenters. The van der Waals surface area contributed by atoms with Crippen LogP contribution in [0, 0.1) is 6.92 Å². The monoisotopic (exact) mass is 380 g/mol. The third kappa shape index (κ3) is 4.17. The minimum atomic E-state index is -0.475. The van der Waals surface area contributed by atoms with Gasteiger partial charge in [0.2, 0.25) is 0 Å². The van der Waals surface area contributed by atoms with Gasteiger partial charge in [-0.15, -0.1) is 0 Å². The minimum Gasteiger partial charge on any atom is -0.496 e. The number of hydrogen-bond donors (Lipinski definition) is 1. The quantitative estimate of drug-likeness (QED) is 0.701. The molecule has 2 aromatic carbocycles. The molecule has 6 heteroatoms. The lowest BCUT2D eigenvalue weighted by atomic mass is 10.1. The first-order valence-corrected chi connectivity index (χ1v) is 9.18. The fourth-order valence-electron chi connectivity index (χ4n) is 3.19. The molecule has 6 nitrogen and oxygen atoms in total. The van der Waals surface area contributed by atoms with Crippen LogP contribution in [-0.2, 0) is 17.8 Å². The number of nitrogens with zero attached hydrogens (tertiary/aromatic N) is 1. The van der Waals surface area contributed by atoms with Gasteiger partial charge in [-0.1, -0.05) is 36.4 Å². The number of hydrogen-bond acceptors (Lipinski definition) is 4. The van der Waals surface area contributed by atoms with Gasteiger partial charge in [-0.05, 0) is 36.9 Å². The van der Waals surface area contributed by atoms with Gasteiger partial charge in [0.25, 0.3) is 5.56 Å².